The van der Waals surface area contributed by atoms with E-state index >= 15 is 0 Å². The molecule has 6 heteroatoms. The fraction of sp³-hybridized carbons (Fsp3) is 0.238. The first-order valence-electron chi connectivity index (χ1n) is 8.60. The number of aromatic nitrogens is 1. The monoisotopic (exact) mass is 369 g/mol. The quantitative estimate of drug-likeness (QED) is 0.681. The van der Waals surface area contributed by atoms with Gasteiger partial charge in [-0.15, -0.1) is 0 Å². The van der Waals surface area contributed by atoms with Crippen LogP contribution in [0.4, 0.5) is 4.39 Å². The molecule has 0 radical (unpaired) electrons. The van der Waals surface area contributed by atoms with Crippen molar-refractivity contribution in [2.24, 2.45) is 0 Å². The van der Waals surface area contributed by atoms with Crippen LogP contribution in [0, 0.1) is 5.82 Å². The molecule has 0 amide bonds. The van der Waals surface area contributed by atoms with Crippen LogP contribution in [0.5, 0.6) is 11.6 Å². The number of nitrogens with zero attached hydrogens (tertiary/aromatic N) is 1. The van der Waals surface area contributed by atoms with Gasteiger partial charge >= 0.3 is 5.97 Å². The summed E-state index contributed by atoms with van der Waals surface area (Å²) >= 11 is 0. The predicted octanol–water partition coefficient (Wildman–Crippen LogP) is 4.25. The third kappa shape index (κ3) is 3.69. The van der Waals surface area contributed by atoms with E-state index in [0.29, 0.717) is 11.8 Å². The van der Waals surface area contributed by atoms with Crippen LogP contribution in [-0.4, -0.2) is 29.3 Å². The average Bonchev–Trinajstić information content (AvgIpc) is 2.67. The van der Waals surface area contributed by atoms with Crippen LogP contribution in [0.25, 0.3) is 21.9 Å². The van der Waals surface area contributed by atoms with Gasteiger partial charge in [-0.3, -0.25) is 0 Å². The number of aromatic hydroxyl groups is 1. The Hall–Kier alpha value is -3.15. The van der Waals surface area contributed by atoms with Gasteiger partial charge in [-0.2, -0.15) is 0 Å². The van der Waals surface area contributed by atoms with Crippen LogP contribution >= 0.6 is 0 Å². The lowest BCUT2D eigenvalue weighted by Crippen LogP contribution is -2.25. The minimum atomic E-state index is -0.852. The van der Waals surface area contributed by atoms with Gasteiger partial charge in [0.15, 0.2) is 6.10 Å². The molecule has 27 heavy (non-hydrogen) atoms. The molecule has 0 aliphatic carbocycles. The largest absolute Gasteiger partial charge is 0.508 e. The van der Waals surface area contributed by atoms with Crippen molar-refractivity contribution in [2.75, 3.05) is 7.11 Å². The van der Waals surface area contributed by atoms with Gasteiger partial charge in [0.25, 0.3) is 0 Å². The lowest BCUT2D eigenvalue weighted by Gasteiger charge is -2.18. The minimum absolute atomic E-state index is 0.0502. The van der Waals surface area contributed by atoms with E-state index in [4.69, 9.17) is 9.47 Å². The number of fused-ring (bicyclic) bond motifs is 1. The number of esters is 1. The molecule has 0 saturated heterocycles. The van der Waals surface area contributed by atoms with Crippen molar-refractivity contribution in [1.29, 1.82) is 0 Å². The molecule has 0 aliphatic rings. The number of benzene rings is 2. The lowest BCUT2D eigenvalue weighted by atomic mass is 9.96. The molecule has 3 aromatic rings. The zero-order valence-electron chi connectivity index (χ0n) is 15.3. The highest BCUT2D eigenvalue weighted by Crippen LogP contribution is 2.38. The molecule has 1 heterocycles. The molecule has 1 aromatic heterocycles. The number of carbonyl (C=O) groups excluding carboxylic acids is 1. The van der Waals surface area contributed by atoms with Crippen molar-refractivity contribution in [3.63, 3.8) is 0 Å². The molecule has 3 rings (SSSR count). The summed E-state index contributed by atoms with van der Waals surface area (Å²) < 4.78 is 23.8. The van der Waals surface area contributed by atoms with Crippen LogP contribution in [0.15, 0.2) is 42.5 Å². The van der Waals surface area contributed by atoms with E-state index < -0.39 is 12.1 Å². The number of phenols is 1. The Morgan fingerprint density at radius 3 is 2.52 bits per heavy atom. The number of hydrogen-bond acceptors (Lipinski definition) is 5. The molecule has 140 valence electrons. The van der Waals surface area contributed by atoms with E-state index in [-0.39, 0.29) is 17.4 Å². The molecule has 0 spiro atoms. The van der Waals surface area contributed by atoms with Crippen molar-refractivity contribution in [3.8, 4) is 22.8 Å². The van der Waals surface area contributed by atoms with Gasteiger partial charge < -0.3 is 14.6 Å². The second kappa shape index (κ2) is 7.61. The lowest BCUT2D eigenvalue weighted by molar-refractivity contribution is -0.148. The molecular formula is C21H20FNO4. The number of aryl methyl sites for hydroxylation is 1. The molecule has 1 atom stereocenters. The summed E-state index contributed by atoms with van der Waals surface area (Å²) in [5.41, 5.74) is 2.39. The normalized spacial score (nSPS) is 12.0. The minimum Gasteiger partial charge on any atom is -0.508 e. The Labute approximate surface area is 156 Å². The van der Waals surface area contributed by atoms with Gasteiger partial charge in [-0.25, -0.2) is 14.2 Å². The van der Waals surface area contributed by atoms with Crippen molar-refractivity contribution in [2.45, 2.75) is 26.4 Å². The third-order valence-corrected chi connectivity index (χ3v) is 4.32. The van der Waals surface area contributed by atoms with Crippen molar-refractivity contribution < 1.29 is 23.8 Å². The van der Waals surface area contributed by atoms with E-state index in [1.54, 1.807) is 31.2 Å². The SMILES string of the molecule is CCc1nc(OC(C)C(=O)OC)c2cc(O)ccc2c1-c1ccc(F)cc1. The van der Waals surface area contributed by atoms with E-state index in [9.17, 15) is 14.3 Å². The summed E-state index contributed by atoms with van der Waals surface area (Å²) in [5, 5.41) is 11.3. The summed E-state index contributed by atoms with van der Waals surface area (Å²) in [7, 11) is 1.29. The Morgan fingerprint density at radius 2 is 1.89 bits per heavy atom. The molecule has 1 unspecified atom stereocenters. The fourth-order valence-electron chi connectivity index (χ4n) is 2.99. The molecule has 0 fully saturated rings. The number of pyridine rings is 1. The number of halogens is 1. The molecule has 1 N–H and O–H groups in total. The smallest absolute Gasteiger partial charge is 0.346 e. The van der Waals surface area contributed by atoms with Gasteiger partial charge in [0, 0.05) is 10.9 Å². The summed E-state index contributed by atoms with van der Waals surface area (Å²) in [4.78, 5) is 16.3. The van der Waals surface area contributed by atoms with Gasteiger partial charge in [0.05, 0.1) is 12.8 Å². The van der Waals surface area contributed by atoms with Crippen LogP contribution in [0.2, 0.25) is 0 Å². The topological polar surface area (TPSA) is 68.7 Å². The first-order chi connectivity index (χ1) is 12.9. The first-order valence-corrected chi connectivity index (χ1v) is 8.60. The first kappa shape index (κ1) is 18.6. The Kier molecular flexibility index (Phi) is 5.26. The number of hydrogen-bond donors (Lipinski definition) is 1. The Morgan fingerprint density at radius 1 is 1.19 bits per heavy atom. The second-order valence-corrected chi connectivity index (χ2v) is 6.11. The van der Waals surface area contributed by atoms with E-state index in [2.05, 4.69) is 4.98 Å². The molecule has 0 aliphatic heterocycles. The molecule has 0 saturated carbocycles. The number of carbonyl (C=O) groups is 1. The third-order valence-electron chi connectivity index (χ3n) is 4.32. The van der Waals surface area contributed by atoms with Crippen molar-refractivity contribution in [3.05, 3.63) is 54.0 Å². The van der Waals surface area contributed by atoms with Gasteiger partial charge in [0.1, 0.15) is 11.6 Å². The van der Waals surface area contributed by atoms with Crippen LogP contribution in [0.3, 0.4) is 0 Å². The Bertz CT molecular complexity index is 986. The van der Waals surface area contributed by atoms with Crippen molar-refractivity contribution >= 4 is 16.7 Å². The predicted molar refractivity (Wildman–Crippen MR) is 100 cm³/mol. The summed E-state index contributed by atoms with van der Waals surface area (Å²) in [6.07, 6.45) is -0.249. The highest BCUT2D eigenvalue weighted by molar-refractivity contribution is 6.01. The summed E-state index contributed by atoms with van der Waals surface area (Å²) in [6.45, 7) is 3.52. The zero-order valence-corrected chi connectivity index (χ0v) is 15.3. The van der Waals surface area contributed by atoms with Gasteiger partial charge in [0.2, 0.25) is 5.88 Å². The average molecular weight is 369 g/mol. The number of ether oxygens (including phenoxy) is 2. The van der Waals surface area contributed by atoms with Crippen LogP contribution in [-0.2, 0) is 16.0 Å². The van der Waals surface area contributed by atoms with E-state index in [1.165, 1.54) is 25.3 Å². The maximum atomic E-state index is 13.4. The molecule has 2 aromatic carbocycles. The van der Waals surface area contributed by atoms with E-state index in [0.717, 1.165) is 22.2 Å². The van der Waals surface area contributed by atoms with Crippen molar-refractivity contribution in [1.82, 2.24) is 4.98 Å². The highest BCUT2D eigenvalue weighted by atomic mass is 19.1. The number of phenolic OH excluding ortho intramolecular Hbond substituents is 1. The summed E-state index contributed by atoms with van der Waals surface area (Å²) in [5.74, 6) is -0.556. The van der Waals surface area contributed by atoms with E-state index in [1.807, 2.05) is 6.92 Å². The van der Waals surface area contributed by atoms with Crippen LogP contribution in [0.1, 0.15) is 19.5 Å². The number of methoxy groups -OCH3 is 1. The van der Waals surface area contributed by atoms with Gasteiger partial charge in [-0.1, -0.05) is 19.1 Å². The molecule has 0 bridgehead atoms. The van der Waals surface area contributed by atoms with Crippen LogP contribution < -0.4 is 4.74 Å². The Balaban J connectivity index is 2.24. The molecular weight excluding hydrogens is 349 g/mol. The van der Waals surface area contributed by atoms with Gasteiger partial charge in [-0.05, 0) is 54.6 Å². The molecule has 5 nitrogen and oxygen atoms in total. The fourth-order valence-corrected chi connectivity index (χ4v) is 2.99. The maximum Gasteiger partial charge on any atom is 0.346 e. The number of rotatable bonds is 5. The second-order valence-electron chi connectivity index (χ2n) is 6.11. The highest BCUT2D eigenvalue weighted by Gasteiger charge is 2.21. The summed E-state index contributed by atoms with van der Waals surface area (Å²) in [6, 6.07) is 11.0. The standard InChI is InChI=1S/C21H20FNO4/c1-4-18-19(13-5-7-14(22)8-6-13)16-10-9-15(24)11-17(16)20(23-18)27-12(2)21(25)26-3/h5-12,24H,4H2,1-3H3. The zero-order chi connectivity index (χ0) is 19.6. The maximum absolute atomic E-state index is 13.4.